The summed E-state index contributed by atoms with van der Waals surface area (Å²) in [4.78, 5) is 21.9. The Morgan fingerprint density at radius 1 is 1.35 bits per heavy atom. The number of rotatable bonds is 6. The van der Waals surface area contributed by atoms with Crippen molar-refractivity contribution in [1.82, 2.24) is 4.31 Å². The third kappa shape index (κ3) is 4.17. The Labute approximate surface area is 118 Å². The quantitative estimate of drug-likeness (QED) is 0.715. The molecule has 1 unspecified atom stereocenters. The number of aliphatic carboxylic acids is 1. The van der Waals surface area contributed by atoms with E-state index in [-0.39, 0.29) is 12.3 Å². The molecule has 1 aliphatic rings. The van der Waals surface area contributed by atoms with E-state index >= 15 is 0 Å². The highest BCUT2D eigenvalue weighted by Crippen LogP contribution is 2.25. The van der Waals surface area contributed by atoms with E-state index in [0.717, 1.165) is 7.11 Å². The monoisotopic (exact) mass is 307 g/mol. The predicted octanol–water partition coefficient (Wildman–Crippen LogP) is 0.454. The van der Waals surface area contributed by atoms with Crippen molar-refractivity contribution in [2.45, 2.75) is 37.9 Å². The highest BCUT2D eigenvalue weighted by molar-refractivity contribution is 7.90. The lowest BCUT2D eigenvalue weighted by atomic mass is 9.93. The van der Waals surface area contributed by atoms with E-state index < -0.39 is 27.2 Å². The lowest BCUT2D eigenvalue weighted by Gasteiger charge is -2.32. The van der Waals surface area contributed by atoms with E-state index in [0.29, 0.717) is 32.4 Å². The topological polar surface area (TPSA) is 101 Å². The minimum absolute atomic E-state index is 0.107. The standard InChI is InChI=1S/C12H21NO6S/c1-9(12(16)19-2)20(17,18)13-7-5-10(6-8-13)3-4-11(14)15/h9-10H,3-8H2,1-2H3,(H,14,15). The van der Waals surface area contributed by atoms with Crippen LogP contribution in [-0.4, -0.2) is 55.2 Å². The first-order chi connectivity index (χ1) is 9.28. The first-order valence-electron chi connectivity index (χ1n) is 6.57. The normalized spacial score (nSPS) is 19.5. The fourth-order valence-corrected chi connectivity index (χ4v) is 3.80. The Morgan fingerprint density at radius 2 is 1.90 bits per heavy atom. The largest absolute Gasteiger partial charge is 0.481 e. The van der Waals surface area contributed by atoms with Gasteiger partial charge in [0.05, 0.1) is 7.11 Å². The number of carboxylic acids is 1. The van der Waals surface area contributed by atoms with Gasteiger partial charge in [-0.2, -0.15) is 0 Å². The summed E-state index contributed by atoms with van der Waals surface area (Å²) in [6, 6.07) is 0. The van der Waals surface area contributed by atoms with Crippen LogP contribution in [0.2, 0.25) is 0 Å². The number of hydrogen-bond acceptors (Lipinski definition) is 5. The van der Waals surface area contributed by atoms with Crippen molar-refractivity contribution in [1.29, 1.82) is 0 Å². The molecule has 0 bridgehead atoms. The summed E-state index contributed by atoms with van der Waals surface area (Å²) >= 11 is 0. The molecule has 0 spiro atoms. The van der Waals surface area contributed by atoms with Crippen LogP contribution in [0.4, 0.5) is 0 Å². The van der Waals surface area contributed by atoms with Gasteiger partial charge in [-0.05, 0) is 32.1 Å². The zero-order chi connectivity index (χ0) is 15.3. The van der Waals surface area contributed by atoms with Crippen LogP contribution in [0.25, 0.3) is 0 Å². The molecule has 7 nitrogen and oxygen atoms in total. The number of hydrogen-bond donors (Lipinski definition) is 1. The number of methoxy groups -OCH3 is 1. The van der Waals surface area contributed by atoms with E-state index in [4.69, 9.17) is 5.11 Å². The second kappa shape index (κ2) is 7.03. The Kier molecular flexibility index (Phi) is 5.94. The maximum absolute atomic E-state index is 12.2. The minimum Gasteiger partial charge on any atom is -0.481 e. The first kappa shape index (κ1) is 16.9. The van der Waals surface area contributed by atoms with Crippen LogP contribution < -0.4 is 0 Å². The average Bonchev–Trinajstić information content (AvgIpc) is 2.43. The lowest BCUT2D eigenvalue weighted by Crippen LogP contribution is -2.45. The third-order valence-corrected chi connectivity index (χ3v) is 5.85. The van der Waals surface area contributed by atoms with Gasteiger partial charge in [0.2, 0.25) is 10.0 Å². The van der Waals surface area contributed by atoms with Crippen molar-refractivity contribution >= 4 is 22.0 Å². The van der Waals surface area contributed by atoms with Crippen molar-refractivity contribution in [2.75, 3.05) is 20.2 Å². The van der Waals surface area contributed by atoms with E-state index in [1.807, 2.05) is 0 Å². The SMILES string of the molecule is COC(=O)C(C)S(=O)(=O)N1CCC(CCC(=O)O)CC1. The summed E-state index contributed by atoms with van der Waals surface area (Å²) in [5.41, 5.74) is 0. The van der Waals surface area contributed by atoms with Gasteiger partial charge < -0.3 is 9.84 Å². The molecular weight excluding hydrogens is 286 g/mol. The van der Waals surface area contributed by atoms with Crippen molar-refractivity contribution < 1.29 is 27.9 Å². The van der Waals surface area contributed by atoms with Gasteiger partial charge >= 0.3 is 11.9 Å². The molecule has 0 aromatic carbocycles. The van der Waals surface area contributed by atoms with Crippen molar-refractivity contribution in [3.05, 3.63) is 0 Å². The van der Waals surface area contributed by atoms with E-state index in [1.54, 1.807) is 0 Å². The smallest absolute Gasteiger partial charge is 0.325 e. The first-order valence-corrected chi connectivity index (χ1v) is 8.08. The molecule has 8 heteroatoms. The van der Waals surface area contributed by atoms with Crippen LogP contribution in [0.1, 0.15) is 32.6 Å². The summed E-state index contributed by atoms with van der Waals surface area (Å²) in [6.45, 7) is 1.97. The van der Waals surface area contributed by atoms with Crippen LogP contribution >= 0.6 is 0 Å². The molecule has 116 valence electrons. The van der Waals surface area contributed by atoms with Crippen molar-refractivity contribution in [3.63, 3.8) is 0 Å². The van der Waals surface area contributed by atoms with Crippen LogP contribution in [0.3, 0.4) is 0 Å². The Bertz CT molecular complexity index is 453. The predicted molar refractivity (Wildman–Crippen MR) is 71.6 cm³/mol. The van der Waals surface area contributed by atoms with Crippen LogP contribution in [0, 0.1) is 5.92 Å². The Hall–Kier alpha value is -1.15. The molecular formula is C12H21NO6S. The van der Waals surface area contributed by atoms with Crippen molar-refractivity contribution in [2.24, 2.45) is 5.92 Å². The second-order valence-electron chi connectivity index (χ2n) is 4.99. The summed E-state index contributed by atoms with van der Waals surface area (Å²) in [5.74, 6) is -1.37. The Balaban J connectivity index is 2.56. The van der Waals surface area contributed by atoms with Gasteiger partial charge in [-0.3, -0.25) is 9.59 Å². The summed E-state index contributed by atoms with van der Waals surface area (Å²) in [5, 5.41) is 7.42. The lowest BCUT2D eigenvalue weighted by molar-refractivity contribution is -0.140. The highest BCUT2D eigenvalue weighted by atomic mass is 32.2. The Morgan fingerprint density at radius 3 is 2.35 bits per heavy atom. The molecule has 1 rings (SSSR count). The van der Waals surface area contributed by atoms with E-state index in [2.05, 4.69) is 4.74 Å². The molecule has 1 heterocycles. The van der Waals surface area contributed by atoms with Crippen molar-refractivity contribution in [3.8, 4) is 0 Å². The molecule has 1 aliphatic heterocycles. The van der Waals surface area contributed by atoms with Crippen LogP contribution in [0.5, 0.6) is 0 Å². The van der Waals surface area contributed by atoms with Gasteiger partial charge in [0.15, 0.2) is 5.25 Å². The number of ether oxygens (including phenoxy) is 1. The number of nitrogens with zero attached hydrogens (tertiary/aromatic N) is 1. The molecule has 0 amide bonds. The summed E-state index contributed by atoms with van der Waals surface area (Å²) in [6.07, 6.45) is 1.92. The number of sulfonamides is 1. The molecule has 1 saturated heterocycles. The number of carboxylic acid groups (broad SMARTS) is 1. The minimum atomic E-state index is -3.69. The molecule has 0 aromatic rings. The second-order valence-corrected chi connectivity index (χ2v) is 7.24. The fourth-order valence-electron chi connectivity index (χ4n) is 2.29. The zero-order valence-corrected chi connectivity index (χ0v) is 12.6. The number of esters is 1. The van der Waals surface area contributed by atoms with E-state index in [1.165, 1.54) is 11.2 Å². The maximum atomic E-state index is 12.2. The molecule has 1 fully saturated rings. The molecule has 20 heavy (non-hydrogen) atoms. The number of piperidine rings is 1. The molecule has 0 radical (unpaired) electrons. The van der Waals surface area contributed by atoms with Gasteiger partial charge in [-0.25, -0.2) is 12.7 Å². The summed E-state index contributed by atoms with van der Waals surface area (Å²) < 4.78 is 30.1. The third-order valence-electron chi connectivity index (χ3n) is 3.68. The van der Waals surface area contributed by atoms with Gasteiger partial charge in [0.1, 0.15) is 0 Å². The molecule has 1 N–H and O–H groups in total. The molecule has 0 aliphatic carbocycles. The highest BCUT2D eigenvalue weighted by Gasteiger charge is 2.36. The molecule has 1 atom stereocenters. The van der Waals surface area contributed by atoms with Gasteiger partial charge in [0.25, 0.3) is 0 Å². The van der Waals surface area contributed by atoms with Gasteiger partial charge in [0, 0.05) is 19.5 Å². The number of carbonyl (C=O) groups is 2. The zero-order valence-electron chi connectivity index (χ0n) is 11.7. The molecule has 0 aromatic heterocycles. The fraction of sp³-hybridized carbons (Fsp3) is 0.833. The van der Waals surface area contributed by atoms with E-state index in [9.17, 15) is 18.0 Å². The maximum Gasteiger partial charge on any atom is 0.325 e. The van der Waals surface area contributed by atoms with Gasteiger partial charge in [-0.15, -0.1) is 0 Å². The molecule has 0 saturated carbocycles. The summed E-state index contributed by atoms with van der Waals surface area (Å²) in [7, 11) is -2.53. The van der Waals surface area contributed by atoms with Gasteiger partial charge in [-0.1, -0.05) is 0 Å². The van der Waals surface area contributed by atoms with Crippen LogP contribution in [0.15, 0.2) is 0 Å². The average molecular weight is 307 g/mol. The van der Waals surface area contributed by atoms with Crippen LogP contribution in [-0.2, 0) is 24.3 Å². The number of carbonyl (C=O) groups excluding carboxylic acids is 1.